The van der Waals surface area contributed by atoms with E-state index in [1.165, 1.54) is 25.0 Å². The molecule has 2 N–H and O–H groups in total. The van der Waals surface area contributed by atoms with Crippen LogP contribution in [0.25, 0.3) is 0 Å². The number of nitro groups is 1. The number of non-ortho nitro benzene ring substituents is 1. The SMILES string of the molecule is O=[N+]([O-])c1ccc(NC(=S)NC[C@@H](c2ccco2)N2CCCC2)cc1. The minimum Gasteiger partial charge on any atom is -0.468 e. The van der Waals surface area contributed by atoms with Crippen LogP contribution >= 0.6 is 12.2 Å². The first-order valence-electron chi connectivity index (χ1n) is 8.20. The summed E-state index contributed by atoms with van der Waals surface area (Å²) in [5, 5.41) is 17.4. The van der Waals surface area contributed by atoms with Crippen LogP contribution in [0.5, 0.6) is 0 Å². The van der Waals surface area contributed by atoms with Crippen molar-refractivity contribution >= 4 is 28.7 Å². The molecular weight excluding hydrogens is 340 g/mol. The third-order valence-electron chi connectivity index (χ3n) is 4.24. The summed E-state index contributed by atoms with van der Waals surface area (Å²) in [6.45, 7) is 2.73. The van der Waals surface area contributed by atoms with Gasteiger partial charge in [-0.1, -0.05) is 0 Å². The van der Waals surface area contributed by atoms with Crippen molar-refractivity contribution in [1.82, 2.24) is 10.2 Å². The lowest BCUT2D eigenvalue weighted by atomic mass is 10.2. The molecular formula is C17H20N4O3S. The smallest absolute Gasteiger partial charge is 0.269 e. The number of nitrogens with zero attached hydrogens (tertiary/aromatic N) is 2. The fourth-order valence-corrected chi connectivity index (χ4v) is 3.18. The number of nitro benzene ring substituents is 1. The normalized spacial score (nSPS) is 15.7. The number of benzene rings is 1. The highest BCUT2D eigenvalue weighted by Gasteiger charge is 2.25. The molecule has 1 atom stereocenters. The van der Waals surface area contributed by atoms with Gasteiger partial charge in [0, 0.05) is 24.4 Å². The van der Waals surface area contributed by atoms with Gasteiger partial charge in [-0.2, -0.15) is 0 Å². The molecule has 1 aromatic carbocycles. The van der Waals surface area contributed by atoms with E-state index in [1.807, 2.05) is 12.1 Å². The molecule has 1 fully saturated rings. The molecule has 0 bridgehead atoms. The lowest BCUT2D eigenvalue weighted by Gasteiger charge is -2.26. The van der Waals surface area contributed by atoms with Crippen molar-refractivity contribution in [3.8, 4) is 0 Å². The minimum atomic E-state index is -0.426. The predicted molar refractivity (Wildman–Crippen MR) is 99.6 cm³/mol. The summed E-state index contributed by atoms with van der Waals surface area (Å²) in [4.78, 5) is 12.6. The monoisotopic (exact) mass is 360 g/mol. The van der Waals surface area contributed by atoms with E-state index in [0.717, 1.165) is 18.8 Å². The van der Waals surface area contributed by atoms with Gasteiger partial charge in [-0.3, -0.25) is 15.0 Å². The fraction of sp³-hybridized carbons (Fsp3) is 0.353. The summed E-state index contributed by atoms with van der Waals surface area (Å²) in [6, 6.07) is 10.2. The van der Waals surface area contributed by atoms with Crippen molar-refractivity contribution in [2.24, 2.45) is 0 Å². The standard InChI is InChI=1S/C17H20N4O3S/c22-21(23)14-7-5-13(6-8-14)19-17(25)18-12-15(16-4-3-11-24-16)20-9-1-2-10-20/h3-8,11,15H,1-2,9-10,12H2,(H2,18,19,25)/t15-/m0/s1. The molecule has 3 rings (SSSR count). The molecule has 1 aliphatic rings. The van der Waals surface area contributed by atoms with E-state index in [-0.39, 0.29) is 11.7 Å². The molecule has 0 radical (unpaired) electrons. The van der Waals surface area contributed by atoms with Crippen molar-refractivity contribution in [1.29, 1.82) is 0 Å². The Hall–Kier alpha value is -2.45. The number of rotatable bonds is 6. The summed E-state index contributed by atoms with van der Waals surface area (Å²) in [5.74, 6) is 0.924. The highest BCUT2D eigenvalue weighted by molar-refractivity contribution is 7.80. The molecule has 7 nitrogen and oxygen atoms in total. The fourth-order valence-electron chi connectivity index (χ4n) is 2.97. The van der Waals surface area contributed by atoms with Crippen molar-refractivity contribution < 1.29 is 9.34 Å². The maximum Gasteiger partial charge on any atom is 0.269 e. The van der Waals surface area contributed by atoms with Crippen molar-refractivity contribution in [3.05, 3.63) is 58.5 Å². The quantitative estimate of drug-likeness (QED) is 0.464. The Labute approximate surface area is 151 Å². The second-order valence-electron chi connectivity index (χ2n) is 5.91. The molecule has 1 aliphatic heterocycles. The zero-order chi connectivity index (χ0) is 17.6. The minimum absolute atomic E-state index is 0.0522. The van der Waals surface area contributed by atoms with Gasteiger partial charge in [-0.15, -0.1) is 0 Å². The molecule has 1 aromatic heterocycles. The zero-order valence-corrected chi connectivity index (χ0v) is 14.5. The Morgan fingerprint density at radius 3 is 2.60 bits per heavy atom. The van der Waals surface area contributed by atoms with Crippen LogP contribution in [0.3, 0.4) is 0 Å². The number of thiocarbonyl (C=S) groups is 1. The third kappa shape index (κ3) is 4.55. The highest BCUT2D eigenvalue weighted by Crippen LogP contribution is 2.25. The van der Waals surface area contributed by atoms with Gasteiger partial charge < -0.3 is 15.1 Å². The summed E-state index contributed by atoms with van der Waals surface area (Å²) in [6.07, 6.45) is 4.08. The summed E-state index contributed by atoms with van der Waals surface area (Å²) in [7, 11) is 0. The van der Waals surface area contributed by atoms with Gasteiger partial charge in [-0.05, 0) is 62.4 Å². The van der Waals surface area contributed by atoms with Gasteiger partial charge >= 0.3 is 0 Å². The Kier molecular flexibility index (Phi) is 5.62. The Bertz CT molecular complexity index is 712. The Morgan fingerprint density at radius 2 is 2.00 bits per heavy atom. The first-order valence-corrected chi connectivity index (χ1v) is 8.61. The Morgan fingerprint density at radius 1 is 1.28 bits per heavy atom. The van der Waals surface area contributed by atoms with Crippen molar-refractivity contribution in [2.45, 2.75) is 18.9 Å². The van der Waals surface area contributed by atoms with Gasteiger partial charge in [0.15, 0.2) is 5.11 Å². The maximum absolute atomic E-state index is 10.7. The summed E-state index contributed by atoms with van der Waals surface area (Å²) in [5.41, 5.74) is 0.759. The van der Waals surface area contributed by atoms with Crippen molar-refractivity contribution in [3.63, 3.8) is 0 Å². The van der Waals surface area contributed by atoms with E-state index in [1.54, 1.807) is 18.4 Å². The van der Waals surface area contributed by atoms with E-state index >= 15 is 0 Å². The number of nitrogens with one attached hydrogen (secondary N) is 2. The molecule has 0 aliphatic carbocycles. The van der Waals surface area contributed by atoms with Crippen LogP contribution in [0.15, 0.2) is 47.1 Å². The average Bonchev–Trinajstić information content (AvgIpc) is 3.29. The predicted octanol–water partition coefficient (Wildman–Crippen LogP) is 3.31. The second kappa shape index (κ2) is 8.09. The van der Waals surface area contributed by atoms with E-state index in [0.29, 0.717) is 17.3 Å². The van der Waals surface area contributed by atoms with Gasteiger partial charge in [0.05, 0.1) is 17.2 Å². The van der Waals surface area contributed by atoms with E-state index < -0.39 is 4.92 Å². The van der Waals surface area contributed by atoms with Crippen molar-refractivity contribution in [2.75, 3.05) is 25.0 Å². The molecule has 2 aromatic rings. The van der Waals surface area contributed by atoms with E-state index in [2.05, 4.69) is 15.5 Å². The molecule has 0 unspecified atom stereocenters. The molecule has 8 heteroatoms. The Balaban J connectivity index is 1.57. The van der Waals surface area contributed by atoms with Crippen LogP contribution in [0.4, 0.5) is 11.4 Å². The zero-order valence-electron chi connectivity index (χ0n) is 13.7. The van der Waals surface area contributed by atoms with Gasteiger partial charge in [0.25, 0.3) is 5.69 Å². The lowest BCUT2D eigenvalue weighted by molar-refractivity contribution is -0.384. The first-order chi connectivity index (χ1) is 12.1. The number of anilines is 1. The van der Waals surface area contributed by atoms with Crippen LogP contribution in [-0.4, -0.2) is 34.6 Å². The van der Waals surface area contributed by atoms with Crippen LogP contribution in [-0.2, 0) is 0 Å². The molecule has 0 spiro atoms. The molecule has 1 saturated heterocycles. The molecule has 132 valence electrons. The molecule has 0 amide bonds. The van der Waals surface area contributed by atoms with Gasteiger partial charge in [-0.25, -0.2) is 0 Å². The topological polar surface area (TPSA) is 83.6 Å². The number of likely N-dealkylation sites (tertiary alicyclic amines) is 1. The van der Waals surface area contributed by atoms with Gasteiger partial charge in [0.2, 0.25) is 0 Å². The van der Waals surface area contributed by atoms with E-state index in [4.69, 9.17) is 16.6 Å². The van der Waals surface area contributed by atoms with Crippen LogP contribution in [0.1, 0.15) is 24.6 Å². The van der Waals surface area contributed by atoms with Gasteiger partial charge in [0.1, 0.15) is 5.76 Å². The highest BCUT2D eigenvalue weighted by atomic mass is 32.1. The van der Waals surface area contributed by atoms with Crippen LogP contribution in [0.2, 0.25) is 0 Å². The summed E-state index contributed by atoms with van der Waals surface area (Å²) >= 11 is 5.34. The molecule has 2 heterocycles. The maximum atomic E-state index is 10.7. The molecule has 25 heavy (non-hydrogen) atoms. The lowest BCUT2D eigenvalue weighted by Crippen LogP contribution is -2.38. The number of hydrogen-bond acceptors (Lipinski definition) is 5. The number of hydrogen-bond donors (Lipinski definition) is 2. The largest absolute Gasteiger partial charge is 0.468 e. The van der Waals surface area contributed by atoms with Crippen LogP contribution in [0, 0.1) is 10.1 Å². The number of furan rings is 1. The third-order valence-corrected chi connectivity index (χ3v) is 4.49. The summed E-state index contributed by atoms with van der Waals surface area (Å²) < 4.78 is 5.59. The molecule has 0 saturated carbocycles. The average molecular weight is 360 g/mol. The van der Waals surface area contributed by atoms with E-state index in [9.17, 15) is 10.1 Å². The second-order valence-corrected chi connectivity index (χ2v) is 6.32. The first kappa shape index (κ1) is 17.4. The van der Waals surface area contributed by atoms with Crippen LogP contribution < -0.4 is 10.6 Å².